The first-order valence-electron chi connectivity index (χ1n) is 6.49. The van der Waals surface area contributed by atoms with Crippen LogP contribution in [0.25, 0.3) is 0 Å². The van der Waals surface area contributed by atoms with Crippen LogP contribution in [0.15, 0.2) is 17.5 Å². The van der Waals surface area contributed by atoms with Gasteiger partial charge in [-0.05, 0) is 37.1 Å². The summed E-state index contributed by atoms with van der Waals surface area (Å²) in [6.45, 7) is 1.45. The van der Waals surface area contributed by atoms with Crippen molar-refractivity contribution in [2.24, 2.45) is 5.92 Å². The second-order valence-electron chi connectivity index (χ2n) is 4.98. The van der Waals surface area contributed by atoms with Crippen molar-refractivity contribution in [2.45, 2.75) is 45.1 Å². The maximum atomic E-state index is 11.8. The Kier molecular flexibility index (Phi) is 4.53. The molecule has 0 aromatic carbocycles. The molecule has 1 unspecified atom stereocenters. The first-order chi connectivity index (χ1) is 8.66. The van der Waals surface area contributed by atoms with E-state index in [1.165, 1.54) is 37.5 Å². The molecule has 0 saturated heterocycles. The van der Waals surface area contributed by atoms with Crippen molar-refractivity contribution in [3.05, 3.63) is 22.4 Å². The molecular weight excluding hydrogens is 246 g/mol. The second-order valence-corrected chi connectivity index (χ2v) is 5.96. The van der Waals surface area contributed by atoms with Gasteiger partial charge in [0.15, 0.2) is 0 Å². The van der Waals surface area contributed by atoms with Crippen LogP contribution in [-0.4, -0.2) is 11.7 Å². The third kappa shape index (κ3) is 3.42. The number of hydrogen-bond acceptors (Lipinski definition) is 3. The van der Waals surface area contributed by atoms with Gasteiger partial charge in [0.1, 0.15) is 5.78 Å². The molecule has 1 N–H and O–H groups in total. The van der Waals surface area contributed by atoms with E-state index in [2.05, 4.69) is 11.4 Å². The molecule has 1 heterocycles. The summed E-state index contributed by atoms with van der Waals surface area (Å²) >= 11 is 1.68. The van der Waals surface area contributed by atoms with Gasteiger partial charge in [-0.25, -0.2) is 0 Å². The molecule has 1 aliphatic carbocycles. The number of thiophene rings is 1. The Morgan fingerprint density at radius 1 is 1.44 bits per heavy atom. The zero-order chi connectivity index (χ0) is 13.0. The van der Waals surface area contributed by atoms with E-state index in [1.807, 2.05) is 11.4 Å². The molecule has 3 nitrogen and oxygen atoms in total. The van der Waals surface area contributed by atoms with Gasteiger partial charge in [0.05, 0.1) is 12.5 Å². The Labute approximate surface area is 112 Å². The second kappa shape index (κ2) is 6.14. The molecule has 1 amide bonds. The van der Waals surface area contributed by atoms with Crippen LogP contribution < -0.4 is 5.32 Å². The van der Waals surface area contributed by atoms with Gasteiger partial charge in [-0.3, -0.25) is 9.59 Å². The van der Waals surface area contributed by atoms with Gasteiger partial charge in [-0.2, -0.15) is 0 Å². The number of nitrogens with one attached hydrogen (secondary N) is 1. The van der Waals surface area contributed by atoms with Crippen LogP contribution in [0.3, 0.4) is 0 Å². The molecular formula is C14H19NO2S. The van der Waals surface area contributed by atoms with Crippen LogP contribution in [0.4, 0.5) is 0 Å². The number of carbonyl (C=O) groups is 2. The number of carbonyl (C=O) groups excluding carboxylic acids is 2. The van der Waals surface area contributed by atoms with E-state index >= 15 is 0 Å². The van der Waals surface area contributed by atoms with Gasteiger partial charge in [0, 0.05) is 4.88 Å². The topological polar surface area (TPSA) is 46.2 Å². The first kappa shape index (κ1) is 13.3. The molecule has 0 spiro atoms. The molecule has 0 bridgehead atoms. The average molecular weight is 265 g/mol. The fourth-order valence-electron chi connectivity index (χ4n) is 2.63. The van der Waals surface area contributed by atoms with Crippen LogP contribution in [0.2, 0.25) is 0 Å². The van der Waals surface area contributed by atoms with Crippen molar-refractivity contribution in [1.29, 1.82) is 0 Å². The van der Waals surface area contributed by atoms with Gasteiger partial charge in [0.2, 0.25) is 5.91 Å². The summed E-state index contributed by atoms with van der Waals surface area (Å²) in [6.07, 6.45) is 4.82. The Morgan fingerprint density at radius 3 is 2.72 bits per heavy atom. The van der Waals surface area contributed by atoms with Crippen LogP contribution in [0.5, 0.6) is 0 Å². The van der Waals surface area contributed by atoms with Crippen molar-refractivity contribution in [2.75, 3.05) is 0 Å². The lowest BCUT2D eigenvalue weighted by molar-refractivity contribution is -0.127. The van der Waals surface area contributed by atoms with Crippen LogP contribution >= 0.6 is 11.3 Å². The lowest BCUT2D eigenvalue weighted by atomic mass is 9.96. The molecule has 1 aliphatic rings. The van der Waals surface area contributed by atoms with Crippen LogP contribution in [-0.2, 0) is 9.59 Å². The monoisotopic (exact) mass is 265 g/mol. The van der Waals surface area contributed by atoms with E-state index in [9.17, 15) is 9.59 Å². The van der Waals surface area contributed by atoms with Crippen LogP contribution in [0.1, 0.15) is 49.9 Å². The van der Waals surface area contributed by atoms with Gasteiger partial charge in [0.25, 0.3) is 0 Å². The molecule has 1 saturated carbocycles. The minimum absolute atomic E-state index is 0.00536. The lowest BCUT2D eigenvalue weighted by Crippen LogP contribution is -2.33. The number of rotatable bonds is 5. The maximum absolute atomic E-state index is 11.8. The predicted octanol–water partition coefficient (Wildman–Crippen LogP) is 3.07. The molecule has 0 radical (unpaired) electrons. The van der Waals surface area contributed by atoms with Crippen molar-refractivity contribution < 1.29 is 9.59 Å². The van der Waals surface area contributed by atoms with Crippen molar-refractivity contribution in [3.63, 3.8) is 0 Å². The molecule has 2 rings (SSSR count). The minimum Gasteiger partial charge on any atom is -0.348 e. The third-order valence-corrected chi connectivity index (χ3v) is 4.40. The van der Waals surface area contributed by atoms with Crippen molar-refractivity contribution >= 4 is 23.0 Å². The Bertz CT molecular complexity index is 407. The molecule has 1 aromatic rings. The van der Waals surface area contributed by atoms with E-state index < -0.39 is 0 Å². The van der Waals surface area contributed by atoms with Crippen LogP contribution in [0, 0.1) is 5.92 Å². The number of amides is 1. The first-order valence-corrected chi connectivity index (χ1v) is 7.37. The smallest absolute Gasteiger partial charge is 0.227 e. The summed E-state index contributed by atoms with van der Waals surface area (Å²) in [6, 6.07) is 4.18. The average Bonchev–Trinajstić information content (AvgIpc) is 2.98. The van der Waals surface area contributed by atoms with E-state index in [4.69, 9.17) is 0 Å². The summed E-state index contributed by atoms with van der Waals surface area (Å²) in [5, 5.41) is 5.08. The van der Waals surface area contributed by atoms with Crippen molar-refractivity contribution in [3.8, 4) is 0 Å². The SMILES string of the molecule is CC(=O)CC(=O)NC(c1cccs1)C1CCCC1. The van der Waals surface area contributed by atoms with E-state index in [-0.39, 0.29) is 24.2 Å². The zero-order valence-corrected chi connectivity index (χ0v) is 11.5. The molecule has 98 valence electrons. The third-order valence-electron chi connectivity index (χ3n) is 3.45. The molecule has 4 heteroatoms. The summed E-state index contributed by atoms with van der Waals surface area (Å²) in [7, 11) is 0. The van der Waals surface area contributed by atoms with Gasteiger partial charge < -0.3 is 5.32 Å². The minimum atomic E-state index is -0.146. The molecule has 1 atom stereocenters. The van der Waals surface area contributed by atoms with Gasteiger partial charge in [-0.15, -0.1) is 11.3 Å². The highest BCUT2D eigenvalue weighted by molar-refractivity contribution is 7.10. The lowest BCUT2D eigenvalue weighted by Gasteiger charge is -2.23. The summed E-state index contributed by atoms with van der Waals surface area (Å²) in [5.41, 5.74) is 0. The van der Waals surface area contributed by atoms with E-state index in [1.54, 1.807) is 11.3 Å². The highest BCUT2D eigenvalue weighted by Crippen LogP contribution is 2.37. The fraction of sp³-hybridized carbons (Fsp3) is 0.571. The standard InChI is InChI=1S/C14H19NO2S/c1-10(16)9-13(17)15-14(11-5-2-3-6-11)12-7-4-8-18-12/h4,7-8,11,14H,2-3,5-6,9H2,1H3,(H,15,17). The Hall–Kier alpha value is -1.16. The van der Waals surface area contributed by atoms with E-state index in [0.717, 1.165) is 0 Å². The summed E-state index contributed by atoms with van der Waals surface area (Å²) < 4.78 is 0. The van der Waals surface area contributed by atoms with Gasteiger partial charge in [-0.1, -0.05) is 18.9 Å². The Morgan fingerprint density at radius 2 is 2.17 bits per heavy atom. The fourth-order valence-corrected chi connectivity index (χ4v) is 3.50. The van der Waals surface area contributed by atoms with Gasteiger partial charge >= 0.3 is 0 Å². The molecule has 18 heavy (non-hydrogen) atoms. The summed E-state index contributed by atoms with van der Waals surface area (Å²) in [5.74, 6) is 0.302. The zero-order valence-electron chi connectivity index (χ0n) is 10.6. The molecule has 1 aromatic heterocycles. The molecule has 1 fully saturated rings. The number of ketones is 1. The molecule has 0 aliphatic heterocycles. The predicted molar refractivity (Wildman–Crippen MR) is 72.5 cm³/mol. The normalized spacial score (nSPS) is 17.6. The summed E-state index contributed by atoms with van der Waals surface area (Å²) in [4.78, 5) is 24.0. The largest absolute Gasteiger partial charge is 0.348 e. The maximum Gasteiger partial charge on any atom is 0.227 e. The quantitative estimate of drug-likeness (QED) is 0.832. The number of Topliss-reactive ketones (excluding diaryl/α,β-unsaturated/α-hetero) is 1. The Balaban J connectivity index is 2.05. The highest BCUT2D eigenvalue weighted by Gasteiger charge is 2.28. The highest BCUT2D eigenvalue weighted by atomic mass is 32.1. The number of hydrogen-bond donors (Lipinski definition) is 1. The van der Waals surface area contributed by atoms with E-state index in [0.29, 0.717) is 5.92 Å². The van der Waals surface area contributed by atoms with Crippen molar-refractivity contribution in [1.82, 2.24) is 5.32 Å².